The largest absolute Gasteiger partial charge is 0.497 e. The molecule has 1 aromatic heterocycles. The van der Waals surface area contributed by atoms with E-state index in [1.165, 1.54) is 5.69 Å². The number of benzene rings is 2. The molecule has 6 nitrogen and oxygen atoms in total. The van der Waals surface area contributed by atoms with Crippen LogP contribution < -0.4 is 19.7 Å². The smallest absolute Gasteiger partial charge is 0.208 e. The molecule has 0 saturated heterocycles. The second-order valence-electron chi connectivity index (χ2n) is 7.27. The Balaban J connectivity index is 2.07. The molecule has 6 heteroatoms. The summed E-state index contributed by atoms with van der Waals surface area (Å²) < 4.78 is 13.1. The summed E-state index contributed by atoms with van der Waals surface area (Å²) in [4.78, 5) is 7.32. The van der Waals surface area contributed by atoms with Gasteiger partial charge in [-0.25, -0.2) is 4.98 Å². The lowest BCUT2D eigenvalue weighted by Gasteiger charge is -2.25. The molecule has 0 bridgehead atoms. The lowest BCUT2D eigenvalue weighted by Crippen LogP contribution is -2.25. The maximum absolute atomic E-state index is 5.59. The Labute approximate surface area is 173 Å². The fourth-order valence-corrected chi connectivity index (χ4v) is 3.78. The van der Waals surface area contributed by atoms with Crippen LogP contribution in [-0.2, 0) is 7.05 Å². The SMILES string of the molecule is CCCN(CCC)c1cccc2nc(Nc3c(C)cc(OC)cc3OC)n(C)c12. The van der Waals surface area contributed by atoms with Crippen molar-refractivity contribution < 1.29 is 9.47 Å². The Morgan fingerprint density at radius 1 is 1.07 bits per heavy atom. The van der Waals surface area contributed by atoms with Crippen LogP contribution in [0.25, 0.3) is 11.0 Å². The molecule has 3 rings (SSSR count). The Kier molecular flexibility index (Phi) is 6.52. The quantitative estimate of drug-likeness (QED) is 0.534. The van der Waals surface area contributed by atoms with Crippen molar-refractivity contribution in [1.29, 1.82) is 0 Å². The number of anilines is 3. The van der Waals surface area contributed by atoms with E-state index in [1.807, 2.05) is 19.1 Å². The maximum Gasteiger partial charge on any atom is 0.208 e. The van der Waals surface area contributed by atoms with Gasteiger partial charge in [0.05, 0.1) is 36.6 Å². The van der Waals surface area contributed by atoms with Gasteiger partial charge >= 0.3 is 0 Å². The van der Waals surface area contributed by atoms with Gasteiger partial charge in [-0.1, -0.05) is 19.9 Å². The molecule has 0 atom stereocenters. The summed E-state index contributed by atoms with van der Waals surface area (Å²) in [6, 6.07) is 10.2. The third-order valence-corrected chi connectivity index (χ3v) is 5.17. The van der Waals surface area contributed by atoms with Crippen molar-refractivity contribution >= 4 is 28.4 Å². The van der Waals surface area contributed by atoms with Gasteiger partial charge in [0, 0.05) is 26.2 Å². The van der Waals surface area contributed by atoms with Crippen LogP contribution in [-0.4, -0.2) is 36.9 Å². The monoisotopic (exact) mass is 396 g/mol. The molecule has 0 fully saturated rings. The molecule has 0 aliphatic heterocycles. The summed E-state index contributed by atoms with van der Waals surface area (Å²) >= 11 is 0. The molecule has 3 aromatic rings. The number of hydrogen-bond donors (Lipinski definition) is 1. The van der Waals surface area contributed by atoms with Gasteiger partial charge in [0.1, 0.15) is 11.5 Å². The van der Waals surface area contributed by atoms with E-state index in [0.29, 0.717) is 0 Å². The van der Waals surface area contributed by atoms with Crippen molar-refractivity contribution in [2.75, 3.05) is 37.5 Å². The number of nitrogens with zero attached hydrogens (tertiary/aromatic N) is 3. The molecule has 1 N–H and O–H groups in total. The summed E-state index contributed by atoms with van der Waals surface area (Å²) in [5.74, 6) is 2.28. The number of aromatic nitrogens is 2. The molecule has 29 heavy (non-hydrogen) atoms. The van der Waals surface area contributed by atoms with Crippen LogP contribution in [0.4, 0.5) is 17.3 Å². The average molecular weight is 397 g/mol. The first-order valence-corrected chi connectivity index (χ1v) is 10.2. The minimum atomic E-state index is 0.729. The Hall–Kier alpha value is -2.89. The number of rotatable bonds is 9. The van der Waals surface area contributed by atoms with Crippen LogP contribution in [0.1, 0.15) is 32.3 Å². The highest BCUT2D eigenvalue weighted by molar-refractivity contribution is 5.92. The average Bonchev–Trinajstić information content (AvgIpc) is 3.04. The van der Waals surface area contributed by atoms with Crippen molar-refractivity contribution in [2.45, 2.75) is 33.6 Å². The van der Waals surface area contributed by atoms with Crippen molar-refractivity contribution in [1.82, 2.24) is 9.55 Å². The Morgan fingerprint density at radius 3 is 2.41 bits per heavy atom. The number of fused-ring (bicyclic) bond motifs is 1. The second-order valence-corrected chi connectivity index (χ2v) is 7.27. The first-order chi connectivity index (χ1) is 14.0. The number of hydrogen-bond acceptors (Lipinski definition) is 5. The zero-order chi connectivity index (χ0) is 21.0. The number of aryl methyl sites for hydroxylation is 2. The van der Waals surface area contributed by atoms with E-state index in [9.17, 15) is 0 Å². The van der Waals surface area contributed by atoms with Crippen LogP contribution >= 0.6 is 0 Å². The second kappa shape index (κ2) is 9.07. The summed E-state index contributed by atoms with van der Waals surface area (Å²) in [7, 11) is 5.38. The number of ether oxygens (including phenoxy) is 2. The molecule has 0 radical (unpaired) electrons. The van der Waals surface area contributed by atoms with E-state index in [1.54, 1.807) is 14.2 Å². The molecule has 2 aromatic carbocycles. The molecular formula is C23H32N4O2. The van der Waals surface area contributed by atoms with Crippen LogP contribution in [0.15, 0.2) is 30.3 Å². The fraction of sp³-hybridized carbons (Fsp3) is 0.435. The van der Waals surface area contributed by atoms with E-state index >= 15 is 0 Å². The van der Waals surface area contributed by atoms with Crippen molar-refractivity contribution in [3.05, 3.63) is 35.9 Å². The molecule has 0 amide bonds. The van der Waals surface area contributed by atoms with E-state index in [-0.39, 0.29) is 0 Å². The lowest BCUT2D eigenvalue weighted by molar-refractivity contribution is 0.395. The van der Waals surface area contributed by atoms with Crippen LogP contribution in [0.3, 0.4) is 0 Å². The lowest BCUT2D eigenvalue weighted by atomic mass is 10.1. The highest BCUT2D eigenvalue weighted by Crippen LogP contribution is 2.36. The van der Waals surface area contributed by atoms with Crippen LogP contribution in [0.5, 0.6) is 11.5 Å². The minimum Gasteiger partial charge on any atom is -0.497 e. The molecule has 0 aliphatic carbocycles. The summed E-state index contributed by atoms with van der Waals surface area (Å²) in [5.41, 5.74) is 5.28. The van der Waals surface area contributed by atoms with Gasteiger partial charge in [0.25, 0.3) is 0 Å². The summed E-state index contributed by atoms with van der Waals surface area (Å²) in [5, 5.41) is 3.48. The molecule has 0 unspecified atom stereocenters. The predicted molar refractivity (Wildman–Crippen MR) is 121 cm³/mol. The van der Waals surface area contributed by atoms with Gasteiger partial charge in [-0.05, 0) is 43.5 Å². The first kappa shape index (κ1) is 20.8. The topological polar surface area (TPSA) is 51.6 Å². The zero-order valence-corrected chi connectivity index (χ0v) is 18.4. The van der Waals surface area contributed by atoms with Gasteiger partial charge < -0.3 is 24.3 Å². The summed E-state index contributed by atoms with van der Waals surface area (Å²) in [6.07, 6.45) is 2.23. The van der Waals surface area contributed by atoms with Crippen LogP contribution in [0, 0.1) is 6.92 Å². The normalized spacial score (nSPS) is 11.0. The third kappa shape index (κ3) is 4.11. The molecular weight excluding hydrogens is 364 g/mol. The molecule has 0 aliphatic rings. The van der Waals surface area contributed by atoms with Gasteiger partial charge in [-0.3, -0.25) is 0 Å². The van der Waals surface area contributed by atoms with Crippen LogP contribution in [0.2, 0.25) is 0 Å². The minimum absolute atomic E-state index is 0.729. The number of methoxy groups -OCH3 is 2. The highest BCUT2D eigenvalue weighted by Gasteiger charge is 2.18. The van der Waals surface area contributed by atoms with E-state index in [0.717, 1.165) is 65.7 Å². The Bertz CT molecular complexity index is 975. The van der Waals surface area contributed by atoms with Gasteiger partial charge in [0.15, 0.2) is 0 Å². The summed E-state index contributed by atoms with van der Waals surface area (Å²) in [6.45, 7) is 8.54. The maximum atomic E-state index is 5.59. The zero-order valence-electron chi connectivity index (χ0n) is 18.4. The van der Waals surface area contributed by atoms with Gasteiger partial charge in [-0.2, -0.15) is 0 Å². The predicted octanol–water partition coefficient (Wildman–Crippen LogP) is 5.27. The van der Waals surface area contributed by atoms with E-state index in [4.69, 9.17) is 14.5 Å². The molecule has 1 heterocycles. The first-order valence-electron chi connectivity index (χ1n) is 10.2. The van der Waals surface area contributed by atoms with Crippen molar-refractivity contribution in [2.24, 2.45) is 7.05 Å². The molecule has 156 valence electrons. The van der Waals surface area contributed by atoms with Gasteiger partial charge in [-0.15, -0.1) is 0 Å². The fourth-order valence-electron chi connectivity index (χ4n) is 3.78. The molecule has 0 saturated carbocycles. The number of imidazole rings is 1. The highest BCUT2D eigenvalue weighted by atomic mass is 16.5. The van der Waals surface area contributed by atoms with E-state index < -0.39 is 0 Å². The van der Waals surface area contributed by atoms with Gasteiger partial charge in [0.2, 0.25) is 5.95 Å². The van der Waals surface area contributed by atoms with E-state index in [2.05, 4.69) is 53.9 Å². The Morgan fingerprint density at radius 2 is 1.79 bits per heavy atom. The number of para-hydroxylation sites is 1. The van der Waals surface area contributed by atoms with Crippen molar-refractivity contribution in [3.63, 3.8) is 0 Å². The number of nitrogens with one attached hydrogen (secondary N) is 1. The third-order valence-electron chi connectivity index (χ3n) is 5.17. The standard InChI is InChI=1S/C23H32N4O2/c1-7-12-27(13-8-2)19-11-9-10-18-22(19)26(4)23(24-18)25-21-16(3)14-17(28-5)15-20(21)29-6/h9-11,14-15H,7-8,12-13H2,1-6H3,(H,24,25). The molecule has 0 spiro atoms. The van der Waals surface area contributed by atoms with Crippen molar-refractivity contribution in [3.8, 4) is 11.5 Å².